The molecule has 1 N–H and O–H groups in total. The van der Waals surface area contributed by atoms with E-state index in [9.17, 15) is 26.4 Å². The number of hydrogen-bond acceptors (Lipinski definition) is 3. The summed E-state index contributed by atoms with van der Waals surface area (Å²) in [7, 11) is -3.73. The number of hydrogen-bond donors (Lipinski definition) is 1. The van der Waals surface area contributed by atoms with Gasteiger partial charge >= 0.3 is 6.18 Å². The van der Waals surface area contributed by atoms with Gasteiger partial charge in [-0.3, -0.25) is 4.79 Å². The van der Waals surface area contributed by atoms with Crippen molar-refractivity contribution in [2.24, 2.45) is 5.92 Å². The van der Waals surface area contributed by atoms with Crippen LogP contribution in [0.25, 0.3) is 0 Å². The van der Waals surface area contributed by atoms with Crippen LogP contribution in [0.2, 0.25) is 15.1 Å². The van der Waals surface area contributed by atoms with Crippen LogP contribution < -0.4 is 5.32 Å². The second-order valence-electron chi connectivity index (χ2n) is 7.31. The van der Waals surface area contributed by atoms with Crippen molar-refractivity contribution in [3.63, 3.8) is 0 Å². The molecule has 0 atom stereocenters. The van der Waals surface area contributed by atoms with Gasteiger partial charge in [0.05, 0.1) is 22.0 Å². The van der Waals surface area contributed by atoms with Crippen LogP contribution in [0.5, 0.6) is 0 Å². The Bertz CT molecular complexity index is 1100. The maximum absolute atomic E-state index is 12.9. The fourth-order valence-corrected chi connectivity index (χ4v) is 5.85. The summed E-state index contributed by atoms with van der Waals surface area (Å²) < 4.78 is 65.6. The maximum atomic E-state index is 12.9. The summed E-state index contributed by atoms with van der Waals surface area (Å²) in [4.78, 5) is 12.6. The molecule has 174 valence electrons. The minimum absolute atomic E-state index is 0.0250. The van der Waals surface area contributed by atoms with E-state index < -0.39 is 33.6 Å². The number of nitrogens with one attached hydrogen (secondary N) is 1. The Balaban J connectivity index is 1.64. The van der Waals surface area contributed by atoms with Crippen LogP contribution in [-0.4, -0.2) is 31.7 Å². The molecule has 0 aliphatic carbocycles. The number of carbonyl (C=O) groups excluding carboxylic acids is 1. The monoisotopic (exact) mass is 528 g/mol. The first-order chi connectivity index (χ1) is 14.9. The lowest BCUT2D eigenvalue weighted by Gasteiger charge is -2.30. The quantitative estimate of drug-likeness (QED) is 0.529. The molecule has 1 fully saturated rings. The molecule has 5 nitrogen and oxygen atoms in total. The van der Waals surface area contributed by atoms with Gasteiger partial charge in [-0.2, -0.15) is 13.2 Å². The lowest BCUT2D eigenvalue weighted by atomic mass is 9.97. The van der Waals surface area contributed by atoms with E-state index in [-0.39, 0.29) is 52.4 Å². The van der Waals surface area contributed by atoms with E-state index in [0.29, 0.717) is 5.56 Å². The highest BCUT2D eigenvalue weighted by Gasteiger charge is 2.33. The second-order valence-corrected chi connectivity index (χ2v) is 10.5. The van der Waals surface area contributed by atoms with E-state index in [1.165, 1.54) is 4.31 Å². The first-order valence-electron chi connectivity index (χ1n) is 9.47. The first kappa shape index (κ1) is 25.1. The summed E-state index contributed by atoms with van der Waals surface area (Å²) in [5, 5.41) is 2.89. The Labute approximate surface area is 198 Å². The largest absolute Gasteiger partial charge is 0.416 e. The lowest BCUT2D eigenvalue weighted by Crippen LogP contribution is -2.42. The SMILES string of the molecule is O=C(Nc1cc(C(F)(F)F)ccc1Cl)C1CCN(S(=O)(=O)Cc2c(Cl)cccc2Cl)CC1. The van der Waals surface area contributed by atoms with E-state index in [0.717, 1.165) is 18.2 Å². The predicted octanol–water partition coefficient (Wildman–Crippen LogP) is 5.85. The van der Waals surface area contributed by atoms with Crippen LogP contribution in [0.4, 0.5) is 18.9 Å². The van der Waals surface area contributed by atoms with Crippen LogP contribution in [0.3, 0.4) is 0 Å². The van der Waals surface area contributed by atoms with Crippen LogP contribution in [-0.2, 0) is 26.7 Å². The summed E-state index contributed by atoms with van der Waals surface area (Å²) in [6.07, 6.45) is -4.16. The molecule has 0 unspecified atom stereocenters. The molecule has 0 aromatic heterocycles. The predicted molar refractivity (Wildman–Crippen MR) is 118 cm³/mol. The van der Waals surface area contributed by atoms with E-state index in [1.54, 1.807) is 18.2 Å². The molecule has 1 aliphatic heterocycles. The molecular formula is C20H18Cl3F3N2O3S. The van der Waals surface area contributed by atoms with Gasteiger partial charge in [0.2, 0.25) is 15.9 Å². The van der Waals surface area contributed by atoms with Gasteiger partial charge in [0.15, 0.2) is 0 Å². The third kappa shape index (κ3) is 5.88. The minimum Gasteiger partial charge on any atom is -0.325 e. The highest BCUT2D eigenvalue weighted by Crippen LogP contribution is 2.34. The number of carbonyl (C=O) groups is 1. The molecule has 1 saturated heterocycles. The van der Waals surface area contributed by atoms with E-state index >= 15 is 0 Å². The molecule has 32 heavy (non-hydrogen) atoms. The van der Waals surface area contributed by atoms with Crippen molar-refractivity contribution < 1.29 is 26.4 Å². The first-order valence-corrected chi connectivity index (χ1v) is 12.2. The summed E-state index contributed by atoms with van der Waals surface area (Å²) >= 11 is 18.1. The Morgan fingerprint density at radius 3 is 2.19 bits per heavy atom. The van der Waals surface area contributed by atoms with E-state index in [4.69, 9.17) is 34.8 Å². The van der Waals surface area contributed by atoms with Crippen LogP contribution >= 0.6 is 34.8 Å². The molecule has 1 aliphatic rings. The second kappa shape index (κ2) is 9.77. The van der Waals surface area contributed by atoms with Crippen LogP contribution in [0, 0.1) is 5.92 Å². The molecule has 2 aromatic carbocycles. The van der Waals surface area contributed by atoms with E-state index in [1.807, 2.05) is 0 Å². The van der Waals surface area contributed by atoms with Gasteiger partial charge in [-0.15, -0.1) is 0 Å². The van der Waals surface area contributed by atoms with Crippen molar-refractivity contribution in [1.29, 1.82) is 0 Å². The number of halogens is 6. The van der Waals surface area contributed by atoms with Gasteiger partial charge < -0.3 is 5.32 Å². The average molecular weight is 530 g/mol. The topological polar surface area (TPSA) is 66.5 Å². The highest BCUT2D eigenvalue weighted by atomic mass is 35.5. The Morgan fingerprint density at radius 1 is 1.03 bits per heavy atom. The van der Waals surface area contributed by atoms with Gasteiger partial charge in [-0.05, 0) is 43.2 Å². The molecule has 2 aromatic rings. The number of nitrogens with zero attached hydrogens (tertiary/aromatic N) is 1. The fraction of sp³-hybridized carbons (Fsp3) is 0.350. The zero-order valence-corrected chi connectivity index (χ0v) is 19.5. The molecular weight excluding hydrogens is 512 g/mol. The molecule has 0 bridgehead atoms. The standard InChI is InChI=1S/C20H18Cl3F3N2O3S/c21-15-2-1-3-16(22)14(15)11-32(30,31)28-8-6-12(7-9-28)19(29)27-18-10-13(20(24,25)26)4-5-17(18)23/h1-5,10,12H,6-9,11H2,(H,27,29). The number of alkyl halides is 3. The molecule has 12 heteroatoms. The molecule has 0 saturated carbocycles. The van der Waals surface area contributed by atoms with Gasteiger partial charge in [0, 0.05) is 34.6 Å². The number of benzene rings is 2. The minimum atomic E-state index is -4.58. The van der Waals surface area contributed by atoms with Crippen molar-refractivity contribution in [2.75, 3.05) is 18.4 Å². The Morgan fingerprint density at radius 2 is 1.62 bits per heavy atom. The molecule has 0 radical (unpaired) electrons. The number of anilines is 1. The van der Waals surface area contributed by atoms with Crippen molar-refractivity contribution >= 4 is 56.4 Å². The fourth-order valence-electron chi connectivity index (χ4n) is 3.37. The van der Waals surface area contributed by atoms with Crippen LogP contribution in [0.1, 0.15) is 24.0 Å². The zero-order valence-electron chi connectivity index (χ0n) is 16.4. The molecule has 0 spiro atoms. The third-order valence-electron chi connectivity index (χ3n) is 5.16. The maximum Gasteiger partial charge on any atom is 0.416 e. The third-order valence-corrected chi connectivity index (χ3v) is 8.00. The average Bonchev–Trinajstić information content (AvgIpc) is 2.71. The summed E-state index contributed by atoms with van der Waals surface area (Å²) in [6, 6.07) is 7.37. The number of amides is 1. The zero-order chi connectivity index (χ0) is 23.7. The summed E-state index contributed by atoms with van der Waals surface area (Å²) in [5.74, 6) is -1.46. The van der Waals surface area contributed by atoms with Crippen molar-refractivity contribution in [3.8, 4) is 0 Å². The summed E-state index contributed by atoms with van der Waals surface area (Å²) in [6.45, 7) is 0.164. The number of sulfonamides is 1. The summed E-state index contributed by atoms with van der Waals surface area (Å²) in [5.41, 5.74) is -0.777. The Hall–Kier alpha value is -1.52. The molecule has 1 amide bonds. The smallest absolute Gasteiger partial charge is 0.325 e. The Kier molecular flexibility index (Phi) is 7.66. The highest BCUT2D eigenvalue weighted by molar-refractivity contribution is 7.88. The molecule has 3 rings (SSSR count). The lowest BCUT2D eigenvalue weighted by molar-refractivity contribution is -0.137. The van der Waals surface area contributed by atoms with E-state index in [2.05, 4.69) is 5.32 Å². The van der Waals surface area contributed by atoms with Crippen molar-refractivity contribution in [3.05, 3.63) is 62.6 Å². The van der Waals surface area contributed by atoms with Crippen molar-refractivity contribution in [2.45, 2.75) is 24.8 Å². The number of rotatable bonds is 5. The van der Waals surface area contributed by atoms with Crippen molar-refractivity contribution in [1.82, 2.24) is 4.31 Å². The normalized spacial score (nSPS) is 16.2. The van der Waals surface area contributed by atoms with Crippen LogP contribution in [0.15, 0.2) is 36.4 Å². The van der Waals surface area contributed by atoms with Gasteiger partial charge in [-0.1, -0.05) is 40.9 Å². The van der Waals surface area contributed by atoms with Gasteiger partial charge in [-0.25, -0.2) is 12.7 Å². The van der Waals surface area contributed by atoms with Gasteiger partial charge in [0.1, 0.15) is 0 Å². The van der Waals surface area contributed by atoms with Gasteiger partial charge in [0.25, 0.3) is 0 Å². The molecule has 1 heterocycles. The number of piperidine rings is 1.